The lowest BCUT2D eigenvalue weighted by Crippen LogP contribution is -2.12. The Morgan fingerprint density at radius 3 is 2.77 bits per heavy atom. The Balaban J connectivity index is 1.73. The number of aromatic nitrogens is 3. The quantitative estimate of drug-likeness (QED) is 0.476. The zero-order chi connectivity index (χ0) is 18.3. The fourth-order valence-corrected chi connectivity index (χ4v) is 4.84. The number of rotatable bonds is 4. The number of hydrogen-bond donors (Lipinski definition) is 0. The third-order valence-corrected chi connectivity index (χ3v) is 6.25. The highest BCUT2D eigenvalue weighted by molar-refractivity contribution is 7.87. The minimum absolute atomic E-state index is 0.136. The molecule has 0 atom stereocenters. The van der Waals surface area contributed by atoms with E-state index >= 15 is 0 Å². The maximum absolute atomic E-state index is 12.8. The van der Waals surface area contributed by atoms with E-state index in [0.29, 0.717) is 5.65 Å². The molecule has 0 aliphatic heterocycles. The van der Waals surface area contributed by atoms with Gasteiger partial charge in [-0.1, -0.05) is 29.8 Å². The molecule has 132 valence electrons. The molecule has 9 heteroatoms. The second-order valence-corrected chi connectivity index (χ2v) is 8.17. The number of hydrogen-bond acceptors (Lipinski definition) is 6. The van der Waals surface area contributed by atoms with Crippen molar-refractivity contribution < 1.29 is 12.6 Å². The predicted molar refractivity (Wildman–Crippen MR) is 100 cm³/mol. The molecule has 0 saturated heterocycles. The van der Waals surface area contributed by atoms with E-state index in [1.54, 1.807) is 42.6 Å². The summed E-state index contributed by atoms with van der Waals surface area (Å²) in [6, 6.07) is 11.9. The molecule has 0 unspecified atom stereocenters. The Kier molecular flexibility index (Phi) is 4.18. The van der Waals surface area contributed by atoms with E-state index in [2.05, 4.69) is 9.97 Å². The molecule has 0 fully saturated rings. The molecule has 0 bridgehead atoms. The molecule has 0 aliphatic carbocycles. The van der Waals surface area contributed by atoms with Crippen LogP contribution in [0.2, 0.25) is 5.15 Å². The van der Waals surface area contributed by atoms with Crippen LogP contribution in [0.5, 0.6) is 5.75 Å². The summed E-state index contributed by atoms with van der Waals surface area (Å²) in [6.07, 6.45) is 1.57. The summed E-state index contributed by atoms with van der Waals surface area (Å²) >= 11 is 7.53. The van der Waals surface area contributed by atoms with Crippen molar-refractivity contribution in [1.29, 1.82) is 0 Å². The van der Waals surface area contributed by atoms with Crippen molar-refractivity contribution in [1.82, 2.24) is 14.4 Å². The summed E-state index contributed by atoms with van der Waals surface area (Å²) in [5, 5.41) is 2.38. The molecule has 1 aromatic carbocycles. The van der Waals surface area contributed by atoms with Gasteiger partial charge in [0.2, 0.25) is 5.03 Å². The van der Waals surface area contributed by atoms with Crippen molar-refractivity contribution in [3.63, 3.8) is 0 Å². The average molecular weight is 406 g/mol. The normalized spacial score (nSPS) is 11.8. The third-order valence-electron chi connectivity index (χ3n) is 3.59. The van der Waals surface area contributed by atoms with Crippen LogP contribution in [0.3, 0.4) is 0 Å². The first-order chi connectivity index (χ1) is 12.4. The van der Waals surface area contributed by atoms with Crippen molar-refractivity contribution in [3.05, 3.63) is 64.9 Å². The van der Waals surface area contributed by atoms with Gasteiger partial charge in [-0.25, -0.2) is 9.97 Å². The second kappa shape index (κ2) is 6.39. The first kappa shape index (κ1) is 17.0. The van der Waals surface area contributed by atoms with Gasteiger partial charge in [0.05, 0.1) is 0 Å². The van der Waals surface area contributed by atoms with Crippen LogP contribution in [0.4, 0.5) is 0 Å². The van der Waals surface area contributed by atoms with Crippen LogP contribution in [0.15, 0.2) is 59.1 Å². The van der Waals surface area contributed by atoms with Gasteiger partial charge in [0.25, 0.3) is 0 Å². The minimum Gasteiger partial charge on any atom is -0.378 e. The lowest BCUT2D eigenvalue weighted by Gasteiger charge is -2.08. The van der Waals surface area contributed by atoms with E-state index in [-0.39, 0.29) is 15.9 Å². The number of benzene rings is 1. The van der Waals surface area contributed by atoms with E-state index in [4.69, 9.17) is 15.8 Å². The van der Waals surface area contributed by atoms with Crippen LogP contribution in [0, 0.1) is 6.92 Å². The highest BCUT2D eigenvalue weighted by Crippen LogP contribution is 2.30. The van der Waals surface area contributed by atoms with Crippen molar-refractivity contribution in [2.75, 3.05) is 0 Å². The molecule has 0 N–H and O–H groups in total. The zero-order valence-corrected chi connectivity index (χ0v) is 15.8. The molecule has 0 radical (unpaired) electrons. The Bertz CT molecular complexity index is 1210. The molecule has 4 aromatic rings. The van der Waals surface area contributed by atoms with Gasteiger partial charge >= 0.3 is 10.1 Å². The topological polar surface area (TPSA) is 73.6 Å². The van der Waals surface area contributed by atoms with Gasteiger partial charge < -0.3 is 4.18 Å². The molecule has 0 amide bonds. The van der Waals surface area contributed by atoms with Gasteiger partial charge in [0, 0.05) is 22.8 Å². The number of aryl methyl sites for hydroxylation is 1. The van der Waals surface area contributed by atoms with E-state index < -0.39 is 10.1 Å². The number of nitrogens with zero attached hydrogens (tertiary/aromatic N) is 3. The molecule has 0 spiro atoms. The lowest BCUT2D eigenvalue weighted by molar-refractivity contribution is 0.481. The van der Waals surface area contributed by atoms with Gasteiger partial charge in [-0.3, -0.25) is 4.40 Å². The SMILES string of the molecule is Cc1csc(-c2cccc(OS(=O)(=O)c3c(Cl)nc4ccccn34)c2)n1. The van der Waals surface area contributed by atoms with Gasteiger partial charge in [-0.15, -0.1) is 11.3 Å². The van der Waals surface area contributed by atoms with Crippen molar-refractivity contribution in [2.45, 2.75) is 11.9 Å². The maximum Gasteiger partial charge on any atom is 0.358 e. The fourth-order valence-electron chi connectivity index (χ4n) is 2.50. The number of pyridine rings is 1. The highest BCUT2D eigenvalue weighted by atomic mass is 35.5. The first-order valence-electron chi connectivity index (χ1n) is 7.54. The van der Waals surface area contributed by atoms with Crippen molar-refractivity contribution in [2.24, 2.45) is 0 Å². The van der Waals surface area contributed by atoms with E-state index in [1.807, 2.05) is 18.4 Å². The number of imidazole rings is 1. The van der Waals surface area contributed by atoms with Crippen molar-refractivity contribution >= 4 is 38.7 Å². The van der Waals surface area contributed by atoms with Gasteiger partial charge in [0.15, 0.2) is 5.15 Å². The lowest BCUT2D eigenvalue weighted by atomic mass is 10.2. The molecular formula is C17H12ClN3O3S2. The smallest absolute Gasteiger partial charge is 0.358 e. The Hall–Kier alpha value is -2.42. The van der Waals surface area contributed by atoms with Crippen LogP contribution in [0.1, 0.15) is 5.69 Å². The number of thiazole rings is 1. The monoisotopic (exact) mass is 405 g/mol. The molecule has 4 rings (SSSR count). The van der Waals surface area contributed by atoms with Gasteiger partial charge in [0.1, 0.15) is 16.4 Å². The van der Waals surface area contributed by atoms with E-state index in [0.717, 1.165) is 16.3 Å². The molecular weight excluding hydrogens is 394 g/mol. The van der Waals surface area contributed by atoms with E-state index in [1.165, 1.54) is 15.7 Å². The molecule has 3 aromatic heterocycles. The first-order valence-corrected chi connectivity index (χ1v) is 10.2. The summed E-state index contributed by atoms with van der Waals surface area (Å²) in [5.74, 6) is 0.178. The van der Waals surface area contributed by atoms with Gasteiger partial charge in [-0.2, -0.15) is 8.42 Å². The molecule has 26 heavy (non-hydrogen) atoms. The van der Waals surface area contributed by atoms with Crippen LogP contribution in [-0.2, 0) is 10.1 Å². The Morgan fingerprint density at radius 2 is 2.00 bits per heavy atom. The Labute approximate surface area is 158 Å². The maximum atomic E-state index is 12.8. The van der Waals surface area contributed by atoms with Gasteiger partial charge in [-0.05, 0) is 31.2 Å². The largest absolute Gasteiger partial charge is 0.378 e. The standard InChI is InChI=1S/C17H12ClN3O3S2/c1-11-10-25-16(19-11)12-5-4-6-13(9-12)24-26(22,23)17-15(18)20-14-7-2-3-8-21(14)17/h2-10H,1H3. The second-order valence-electron chi connectivity index (χ2n) is 5.50. The summed E-state index contributed by atoms with van der Waals surface area (Å²) < 4.78 is 32.2. The summed E-state index contributed by atoms with van der Waals surface area (Å²) in [6.45, 7) is 1.90. The van der Waals surface area contributed by atoms with Crippen LogP contribution < -0.4 is 4.18 Å². The summed E-state index contributed by atoms with van der Waals surface area (Å²) in [7, 11) is -4.17. The molecule has 0 aliphatic rings. The highest BCUT2D eigenvalue weighted by Gasteiger charge is 2.26. The zero-order valence-electron chi connectivity index (χ0n) is 13.5. The molecule has 0 saturated carbocycles. The van der Waals surface area contributed by atoms with Crippen LogP contribution in [-0.4, -0.2) is 22.8 Å². The minimum atomic E-state index is -4.17. The fraction of sp³-hybridized carbons (Fsp3) is 0.0588. The summed E-state index contributed by atoms with van der Waals surface area (Å²) in [4.78, 5) is 8.45. The molecule has 6 nitrogen and oxygen atoms in total. The summed E-state index contributed by atoms with van der Waals surface area (Å²) in [5.41, 5.74) is 2.10. The van der Waals surface area contributed by atoms with E-state index in [9.17, 15) is 8.42 Å². The number of fused-ring (bicyclic) bond motifs is 1. The van der Waals surface area contributed by atoms with Crippen molar-refractivity contribution in [3.8, 4) is 16.3 Å². The molecule has 3 heterocycles. The third kappa shape index (κ3) is 3.07. The Morgan fingerprint density at radius 1 is 1.15 bits per heavy atom. The van der Waals surface area contributed by atoms with Crippen LogP contribution >= 0.6 is 22.9 Å². The number of halogens is 1. The average Bonchev–Trinajstić information content (AvgIpc) is 3.17. The predicted octanol–water partition coefficient (Wildman–Crippen LogP) is 4.19. The van der Waals surface area contributed by atoms with Crippen LogP contribution in [0.25, 0.3) is 16.2 Å².